The van der Waals surface area contributed by atoms with Crippen molar-refractivity contribution in [3.63, 3.8) is 0 Å². The molecule has 0 heterocycles. The molecule has 1 unspecified atom stereocenters. The van der Waals surface area contributed by atoms with Crippen LogP contribution in [0.25, 0.3) is 0 Å². The molecule has 0 aromatic carbocycles. The van der Waals surface area contributed by atoms with Gasteiger partial charge in [0.25, 0.3) is 0 Å². The zero-order valence-electron chi connectivity index (χ0n) is 39.8. The molecule has 0 saturated heterocycles. The van der Waals surface area contributed by atoms with Crippen molar-refractivity contribution in [3.8, 4) is 0 Å². The van der Waals surface area contributed by atoms with Gasteiger partial charge >= 0.3 is 17.9 Å². The van der Waals surface area contributed by atoms with Gasteiger partial charge in [0.2, 0.25) is 0 Å². The number of esters is 3. The summed E-state index contributed by atoms with van der Waals surface area (Å²) in [5.74, 6) is -0.984. The Morgan fingerprint density at radius 2 is 0.710 bits per heavy atom. The number of hydrogen-bond acceptors (Lipinski definition) is 6. The Balaban J connectivity index is 4.49. The lowest BCUT2D eigenvalue weighted by Crippen LogP contribution is -2.30. The molecule has 0 aromatic rings. The summed E-state index contributed by atoms with van der Waals surface area (Å²) in [6.45, 7) is 6.28. The van der Waals surface area contributed by atoms with E-state index < -0.39 is 6.10 Å². The van der Waals surface area contributed by atoms with Crippen molar-refractivity contribution >= 4 is 17.9 Å². The zero-order valence-corrected chi connectivity index (χ0v) is 39.8. The standard InChI is InChI=1S/C56H90O6/c1-4-7-10-13-16-19-22-25-27-28-29-32-34-37-40-43-46-49-55(58)61-52-53(51-60-54(57)48-45-42-39-36-33-30-24-21-18-15-12-9-6-3)62-56(59)50-47-44-41-38-35-31-26-23-20-17-14-11-8-5-2/h8-9,11-12,15-21,24-27,30-31,33,53H,4-7,10,13-14,22-23,28-29,32,34-52H2,1-3H3/b11-8-,12-9-,18-15-,19-16-,20-17-,24-21-,27-25-,31-26-,33-30-. The smallest absolute Gasteiger partial charge is 0.306 e. The third-order valence-electron chi connectivity index (χ3n) is 10.1. The molecule has 0 radical (unpaired) electrons. The van der Waals surface area contributed by atoms with Gasteiger partial charge in [0.05, 0.1) is 0 Å². The highest BCUT2D eigenvalue weighted by Gasteiger charge is 2.19. The van der Waals surface area contributed by atoms with Crippen LogP contribution in [0.3, 0.4) is 0 Å². The Morgan fingerprint density at radius 3 is 1.19 bits per heavy atom. The average Bonchev–Trinajstić information content (AvgIpc) is 3.27. The van der Waals surface area contributed by atoms with E-state index >= 15 is 0 Å². The first-order chi connectivity index (χ1) is 30.5. The van der Waals surface area contributed by atoms with Crippen molar-refractivity contribution in [2.45, 2.75) is 213 Å². The van der Waals surface area contributed by atoms with Crippen molar-refractivity contribution in [1.29, 1.82) is 0 Å². The maximum absolute atomic E-state index is 12.8. The first-order valence-electron chi connectivity index (χ1n) is 24.9. The molecule has 0 aliphatic carbocycles. The highest BCUT2D eigenvalue weighted by Crippen LogP contribution is 2.13. The molecular weight excluding hydrogens is 769 g/mol. The van der Waals surface area contributed by atoms with Crippen LogP contribution in [0.2, 0.25) is 0 Å². The number of ether oxygens (including phenoxy) is 3. The van der Waals surface area contributed by atoms with E-state index in [4.69, 9.17) is 14.2 Å². The minimum Gasteiger partial charge on any atom is -0.462 e. The normalized spacial score (nSPS) is 13.0. The van der Waals surface area contributed by atoms with Gasteiger partial charge in [-0.15, -0.1) is 0 Å². The second-order valence-corrected chi connectivity index (χ2v) is 16.0. The maximum atomic E-state index is 12.8. The Bertz CT molecular complexity index is 1310. The fraction of sp³-hybridized carbons (Fsp3) is 0.625. The van der Waals surface area contributed by atoms with Gasteiger partial charge in [-0.3, -0.25) is 14.4 Å². The number of allylic oxidation sites excluding steroid dienone is 18. The molecule has 0 fully saturated rings. The monoisotopic (exact) mass is 859 g/mol. The third kappa shape index (κ3) is 47.1. The van der Waals surface area contributed by atoms with Gasteiger partial charge < -0.3 is 14.2 Å². The Labute approximate surface area is 380 Å². The van der Waals surface area contributed by atoms with Crippen LogP contribution < -0.4 is 0 Å². The average molecular weight is 859 g/mol. The molecular formula is C56H90O6. The summed E-state index contributed by atoms with van der Waals surface area (Å²) < 4.78 is 16.7. The van der Waals surface area contributed by atoms with E-state index in [0.717, 1.165) is 116 Å². The molecule has 0 bridgehead atoms. The number of carbonyl (C=O) groups excluding carboxylic acids is 3. The fourth-order valence-electron chi connectivity index (χ4n) is 6.38. The molecule has 6 nitrogen and oxygen atoms in total. The predicted octanol–water partition coefficient (Wildman–Crippen LogP) is 16.4. The number of hydrogen-bond donors (Lipinski definition) is 0. The summed E-state index contributed by atoms with van der Waals surface area (Å²) >= 11 is 0. The fourth-order valence-corrected chi connectivity index (χ4v) is 6.38. The maximum Gasteiger partial charge on any atom is 0.306 e. The largest absolute Gasteiger partial charge is 0.462 e. The van der Waals surface area contributed by atoms with E-state index in [1.807, 2.05) is 36.5 Å². The van der Waals surface area contributed by atoms with Gasteiger partial charge in [-0.05, 0) is 103 Å². The van der Waals surface area contributed by atoms with E-state index in [0.29, 0.717) is 12.8 Å². The van der Waals surface area contributed by atoms with E-state index in [1.54, 1.807) is 0 Å². The minimum absolute atomic E-state index is 0.107. The number of rotatable bonds is 43. The molecule has 6 heteroatoms. The van der Waals surface area contributed by atoms with Gasteiger partial charge in [-0.1, -0.05) is 194 Å². The number of unbranched alkanes of at least 4 members (excludes halogenated alkanes) is 17. The lowest BCUT2D eigenvalue weighted by molar-refractivity contribution is -0.167. The topological polar surface area (TPSA) is 78.9 Å². The molecule has 0 aromatic heterocycles. The summed E-state index contributed by atoms with van der Waals surface area (Å²) in [4.78, 5) is 37.9. The second kappa shape index (κ2) is 49.7. The summed E-state index contributed by atoms with van der Waals surface area (Å²) in [6, 6.07) is 0. The Morgan fingerprint density at radius 1 is 0.355 bits per heavy atom. The molecule has 0 rings (SSSR count). The molecule has 0 spiro atoms. The van der Waals surface area contributed by atoms with Crippen molar-refractivity contribution in [2.24, 2.45) is 0 Å². The summed E-state index contributed by atoms with van der Waals surface area (Å²) in [7, 11) is 0. The van der Waals surface area contributed by atoms with Crippen LogP contribution in [0.1, 0.15) is 207 Å². The summed E-state index contributed by atoms with van der Waals surface area (Å²) in [5.41, 5.74) is 0. The van der Waals surface area contributed by atoms with E-state index in [9.17, 15) is 14.4 Å². The summed E-state index contributed by atoms with van der Waals surface area (Å²) in [6.07, 6.45) is 66.4. The highest BCUT2D eigenvalue weighted by atomic mass is 16.6. The predicted molar refractivity (Wildman–Crippen MR) is 265 cm³/mol. The van der Waals surface area contributed by atoms with Crippen LogP contribution in [0.4, 0.5) is 0 Å². The highest BCUT2D eigenvalue weighted by molar-refractivity contribution is 5.71. The second-order valence-electron chi connectivity index (χ2n) is 16.0. The van der Waals surface area contributed by atoms with Gasteiger partial charge in [-0.25, -0.2) is 0 Å². The Kier molecular flexibility index (Phi) is 46.6. The Hall–Kier alpha value is -3.93. The van der Waals surface area contributed by atoms with E-state index in [-0.39, 0.29) is 37.5 Å². The molecule has 62 heavy (non-hydrogen) atoms. The molecule has 0 N–H and O–H groups in total. The minimum atomic E-state index is -0.810. The first kappa shape index (κ1) is 58.1. The van der Waals surface area contributed by atoms with E-state index in [1.165, 1.54) is 51.4 Å². The molecule has 0 saturated carbocycles. The molecule has 0 aliphatic rings. The van der Waals surface area contributed by atoms with Crippen LogP contribution in [-0.2, 0) is 28.6 Å². The quantitative estimate of drug-likeness (QED) is 0.0200. The SMILES string of the molecule is CC\C=C/C=C\C=C/C=C\CCCCCC(=O)OCC(COC(=O)CCCCCCCCC/C=C\C/C=C\CCCCC)OC(=O)CCCCCC/C=C\C/C=C\C/C=C\CC. The van der Waals surface area contributed by atoms with Crippen LogP contribution in [0.15, 0.2) is 109 Å². The van der Waals surface area contributed by atoms with Crippen LogP contribution in [-0.4, -0.2) is 37.2 Å². The number of carbonyl (C=O) groups is 3. The van der Waals surface area contributed by atoms with Crippen molar-refractivity contribution in [3.05, 3.63) is 109 Å². The van der Waals surface area contributed by atoms with Crippen LogP contribution in [0.5, 0.6) is 0 Å². The summed E-state index contributed by atoms with van der Waals surface area (Å²) in [5, 5.41) is 0. The van der Waals surface area contributed by atoms with Crippen LogP contribution >= 0.6 is 0 Å². The molecule has 0 amide bonds. The molecule has 350 valence electrons. The molecule has 0 aliphatic heterocycles. The molecule has 1 atom stereocenters. The van der Waals surface area contributed by atoms with Crippen molar-refractivity contribution < 1.29 is 28.6 Å². The first-order valence-corrected chi connectivity index (χ1v) is 24.9. The zero-order chi connectivity index (χ0) is 45.1. The van der Waals surface area contributed by atoms with Crippen molar-refractivity contribution in [2.75, 3.05) is 13.2 Å². The van der Waals surface area contributed by atoms with Gasteiger partial charge in [0.15, 0.2) is 6.10 Å². The van der Waals surface area contributed by atoms with Crippen molar-refractivity contribution in [1.82, 2.24) is 0 Å². The lowest BCUT2D eigenvalue weighted by Gasteiger charge is -2.18. The van der Waals surface area contributed by atoms with Gasteiger partial charge in [-0.2, -0.15) is 0 Å². The third-order valence-corrected chi connectivity index (χ3v) is 10.1. The van der Waals surface area contributed by atoms with Gasteiger partial charge in [0.1, 0.15) is 13.2 Å². The van der Waals surface area contributed by atoms with E-state index in [2.05, 4.69) is 93.7 Å². The van der Waals surface area contributed by atoms with Crippen LogP contribution in [0, 0.1) is 0 Å². The lowest BCUT2D eigenvalue weighted by atomic mass is 10.1. The van der Waals surface area contributed by atoms with Gasteiger partial charge in [0, 0.05) is 19.3 Å².